The van der Waals surface area contributed by atoms with E-state index in [0.717, 1.165) is 18.9 Å². The monoisotopic (exact) mass is 226 g/mol. The molecule has 16 heavy (non-hydrogen) atoms. The first-order chi connectivity index (χ1) is 7.54. The van der Waals surface area contributed by atoms with Crippen LogP contribution in [0, 0.1) is 5.82 Å². The molecule has 1 atom stereocenters. The molecule has 1 aromatic rings. The van der Waals surface area contributed by atoms with Crippen molar-refractivity contribution >= 4 is 5.97 Å². The number of halogens is 1. The van der Waals surface area contributed by atoms with Gasteiger partial charge in [0, 0.05) is 0 Å². The fraction of sp³-hybridized carbons (Fsp3) is 0.417. The molecule has 0 unspecified atom stereocenters. The molecule has 0 bridgehead atoms. The van der Waals surface area contributed by atoms with Crippen LogP contribution in [-0.2, 0) is 0 Å². The summed E-state index contributed by atoms with van der Waals surface area (Å²) >= 11 is 0. The highest BCUT2D eigenvalue weighted by Crippen LogP contribution is 2.21. The van der Waals surface area contributed by atoms with Crippen molar-refractivity contribution in [1.82, 2.24) is 0 Å². The summed E-state index contributed by atoms with van der Waals surface area (Å²) in [6, 6.07) is 3.52. The van der Waals surface area contributed by atoms with E-state index in [2.05, 4.69) is 0 Å². The van der Waals surface area contributed by atoms with Crippen LogP contribution in [-0.4, -0.2) is 17.2 Å². The number of carbonyl (C=O) groups is 1. The molecule has 0 heterocycles. The van der Waals surface area contributed by atoms with E-state index in [0.29, 0.717) is 0 Å². The quantitative estimate of drug-likeness (QED) is 0.839. The van der Waals surface area contributed by atoms with Crippen molar-refractivity contribution in [3.8, 4) is 5.75 Å². The minimum absolute atomic E-state index is 0.0754. The maximum atomic E-state index is 12.9. The molecule has 0 aliphatic carbocycles. The van der Waals surface area contributed by atoms with Crippen molar-refractivity contribution in [2.75, 3.05) is 0 Å². The van der Waals surface area contributed by atoms with Gasteiger partial charge in [0.25, 0.3) is 0 Å². The summed E-state index contributed by atoms with van der Waals surface area (Å²) in [6.45, 7) is 3.88. The number of benzene rings is 1. The Morgan fingerprint density at radius 1 is 1.56 bits per heavy atom. The van der Waals surface area contributed by atoms with Crippen molar-refractivity contribution in [1.29, 1.82) is 0 Å². The molecular weight excluding hydrogens is 211 g/mol. The number of hydrogen-bond acceptors (Lipinski definition) is 2. The molecule has 0 radical (unpaired) electrons. The topological polar surface area (TPSA) is 46.5 Å². The molecule has 0 aliphatic heterocycles. The lowest BCUT2D eigenvalue weighted by atomic mass is 10.2. The fourth-order valence-electron chi connectivity index (χ4n) is 1.45. The highest BCUT2D eigenvalue weighted by molar-refractivity contribution is 5.90. The van der Waals surface area contributed by atoms with Crippen LogP contribution >= 0.6 is 0 Å². The van der Waals surface area contributed by atoms with Crippen molar-refractivity contribution in [3.05, 3.63) is 29.6 Å². The zero-order valence-electron chi connectivity index (χ0n) is 9.37. The first kappa shape index (κ1) is 12.5. The lowest BCUT2D eigenvalue weighted by Crippen LogP contribution is -2.13. The van der Waals surface area contributed by atoms with Crippen LogP contribution in [0.1, 0.15) is 37.0 Å². The zero-order chi connectivity index (χ0) is 12.1. The number of aromatic carboxylic acids is 1. The Morgan fingerprint density at radius 3 is 2.81 bits per heavy atom. The van der Waals surface area contributed by atoms with Gasteiger partial charge in [0.15, 0.2) is 0 Å². The molecule has 0 saturated carbocycles. The van der Waals surface area contributed by atoms with E-state index >= 15 is 0 Å². The van der Waals surface area contributed by atoms with Gasteiger partial charge in [-0.1, -0.05) is 13.3 Å². The van der Waals surface area contributed by atoms with Gasteiger partial charge in [0.2, 0.25) is 0 Å². The van der Waals surface area contributed by atoms with E-state index in [4.69, 9.17) is 9.84 Å². The molecule has 3 nitrogen and oxygen atoms in total. The van der Waals surface area contributed by atoms with Gasteiger partial charge in [-0.15, -0.1) is 0 Å². The normalized spacial score (nSPS) is 12.2. The second kappa shape index (κ2) is 5.49. The van der Waals surface area contributed by atoms with Crippen LogP contribution in [0.3, 0.4) is 0 Å². The Kier molecular flexibility index (Phi) is 4.28. The highest BCUT2D eigenvalue weighted by atomic mass is 19.1. The summed E-state index contributed by atoms with van der Waals surface area (Å²) in [5.74, 6) is -1.54. The average Bonchev–Trinajstić information content (AvgIpc) is 2.20. The minimum atomic E-state index is -1.18. The Morgan fingerprint density at radius 2 is 2.25 bits per heavy atom. The molecule has 4 heteroatoms. The van der Waals surface area contributed by atoms with Crippen molar-refractivity contribution < 1.29 is 19.0 Å². The van der Waals surface area contributed by atoms with Crippen LogP contribution in [0.4, 0.5) is 4.39 Å². The third kappa shape index (κ3) is 3.22. The Hall–Kier alpha value is -1.58. The highest BCUT2D eigenvalue weighted by Gasteiger charge is 2.14. The molecule has 0 saturated heterocycles. The lowest BCUT2D eigenvalue weighted by Gasteiger charge is -2.15. The summed E-state index contributed by atoms with van der Waals surface area (Å²) in [4.78, 5) is 10.9. The second-order valence-corrected chi connectivity index (χ2v) is 3.66. The van der Waals surface area contributed by atoms with Gasteiger partial charge >= 0.3 is 5.97 Å². The van der Waals surface area contributed by atoms with E-state index in [1.54, 1.807) is 0 Å². The van der Waals surface area contributed by atoms with Gasteiger partial charge in [-0.25, -0.2) is 9.18 Å². The Bertz CT molecular complexity index is 377. The molecule has 88 valence electrons. The molecule has 1 aromatic carbocycles. The molecule has 0 aromatic heterocycles. The average molecular weight is 226 g/mol. The number of carboxylic acids is 1. The van der Waals surface area contributed by atoms with Crippen molar-refractivity contribution in [2.45, 2.75) is 32.8 Å². The molecule has 0 fully saturated rings. The van der Waals surface area contributed by atoms with Gasteiger partial charge in [-0.3, -0.25) is 0 Å². The van der Waals surface area contributed by atoms with E-state index in [1.165, 1.54) is 12.1 Å². The third-order valence-corrected chi connectivity index (χ3v) is 2.20. The third-order valence-electron chi connectivity index (χ3n) is 2.20. The van der Waals surface area contributed by atoms with Crippen LogP contribution < -0.4 is 4.74 Å². The number of ether oxygens (including phenoxy) is 1. The number of carboxylic acid groups (broad SMARTS) is 1. The van der Waals surface area contributed by atoms with Gasteiger partial charge in [0.1, 0.15) is 17.1 Å². The van der Waals surface area contributed by atoms with E-state index in [-0.39, 0.29) is 17.4 Å². The van der Waals surface area contributed by atoms with Crippen LogP contribution in [0.25, 0.3) is 0 Å². The molecule has 0 aliphatic rings. The summed E-state index contributed by atoms with van der Waals surface area (Å²) in [6.07, 6.45) is 1.70. The first-order valence-corrected chi connectivity index (χ1v) is 5.24. The molecule has 1 N–H and O–H groups in total. The lowest BCUT2D eigenvalue weighted by molar-refractivity contribution is 0.0689. The van der Waals surface area contributed by atoms with Crippen LogP contribution in [0.2, 0.25) is 0 Å². The number of rotatable bonds is 5. The molecule has 0 amide bonds. The van der Waals surface area contributed by atoms with Crippen LogP contribution in [0.5, 0.6) is 5.75 Å². The maximum absolute atomic E-state index is 12.9. The molecule has 1 rings (SSSR count). The predicted octanol–water partition coefficient (Wildman–Crippen LogP) is 3.09. The SMILES string of the molecule is CCC[C@H](C)Oc1ccc(F)cc1C(=O)O. The summed E-state index contributed by atoms with van der Waals surface area (Å²) < 4.78 is 18.3. The van der Waals surface area contributed by atoms with Crippen LogP contribution in [0.15, 0.2) is 18.2 Å². The Labute approximate surface area is 93.9 Å². The van der Waals surface area contributed by atoms with Crippen molar-refractivity contribution in [2.24, 2.45) is 0 Å². The zero-order valence-corrected chi connectivity index (χ0v) is 9.37. The predicted molar refractivity (Wildman–Crippen MR) is 58.4 cm³/mol. The largest absolute Gasteiger partial charge is 0.490 e. The molecular formula is C12H15FO3. The molecule has 0 spiro atoms. The standard InChI is InChI=1S/C12H15FO3/c1-3-4-8(2)16-11-6-5-9(13)7-10(11)12(14)15/h5-8H,3-4H2,1-2H3,(H,14,15)/t8-/m0/s1. The minimum Gasteiger partial charge on any atom is -0.490 e. The Balaban J connectivity index is 2.90. The van der Waals surface area contributed by atoms with Gasteiger partial charge in [-0.2, -0.15) is 0 Å². The van der Waals surface area contributed by atoms with Crippen molar-refractivity contribution in [3.63, 3.8) is 0 Å². The van der Waals surface area contributed by atoms with Gasteiger partial charge in [0.05, 0.1) is 6.10 Å². The van der Waals surface area contributed by atoms with E-state index in [9.17, 15) is 9.18 Å². The van der Waals surface area contributed by atoms with Gasteiger partial charge in [-0.05, 0) is 31.5 Å². The van der Waals surface area contributed by atoms with Gasteiger partial charge < -0.3 is 9.84 Å². The van der Waals surface area contributed by atoms with E-state index < -0.39 is 11.8 Å². The smallest absolute Gasteiger partial charge is 0.339 e. The summed E-state index contributed by atoms with van der Waals surface area (Å²) in [5, 5.41) is 8.89. The summed E-state index contributed by atoms with van der Waals surface area (Å²) in [5.41, 5.74) is -0.136. The second-order valence-electron chi connectivity index (χ2n) is 3.66. The van der Waals surface area contributed by atoms with E-state index in [1.807, 2.05) is 13.8 Å². The fourth-order valence-corrected chi connectivity index (χ4v) is 1.45. The number of hydrogen-bond donors (Lipinski definition) is 1. The summed E-state index contributed by atoms with van der Waals surface area (Å²) in [7, 11) is 0. The maximum Gasteiger partial charge on any atom is 0.339 e. The first-order valence-electron chi connectivity index (χ1n) is 5.24.